The zero-order chi connectivity index (χ0) is 13.4. The first-order valence-electron chi connectivity index (χ1n) is 5.86. The van der Waals surface area contributed by atoms with E-state index in [2.05, 4.69) is 10.6 Å². The Morgan fingerprint density at radius 3 is 2.42 bits per heavy atom. The van der Waals surface area contributed by atoms with E-state index in [4.69, 9.17) is 29.6 Å². The van der Waals surface area contributed by atoms with Gasteiger partial charge in [0.25, 0.3) is 0 Å². The number of benzene rings is 2. The molecular formula is C14H12ClN3S. The highest BCUT2D eigenvalue weighted by molar-refractivity contribution is 7.80. The summed E-state index contributed by atoms with van der Waals surface area (Å²) in [6.45, 7) is 0. The van der Waals surface area contributed by atoms with E-state index < -0.39 is 0 Å². The summed E-state index contributed by atoms with van der Waals surface area (Å²) in [6, 6.07) is 13.6. The largest absolute Gasteiger partial charge is 0.389 e. The van der Waals surface area contributed by atoms with E-state index in [0.717, 1.165) is 27.5 Å². The molecule has 0 aliphatic carbocycles. The Morgan fingerprint density at radius 1 is 1.05 bits per heavy atom. The lowest BCUT2D eigenvalue weighted by Gasteiger charge is -2.13. The zero-order valence-electron chi connectivity index (χ0n) is 9.98. The van der Waals surface area contributed by atoms with Gasteiger partial charge >= 0.3 is 0 Å². The summed E-state index contributed by atoms with van der Waals surface area (Å²) in [7, 11) is 0. The van der Waals surface area contributed by atoms with Gasteiger partial charge in [0, 0.05) is 10.6 Å². The van der Waals surface area contributed by atoms with Crippen LogP contribution in [0.2, 0.25) is 5.02 Å². The van der Waals surface area contributed by atoms with Crippen molar-refractivity contribution in [2.75, 3.05) is 10.6 Å². The minimum atomic E-state index is 0.0360. The molecule has 0 radical (unpaired) electrons. The maximum Gasteiger partial charge on any atom is 0.123 e. The van der Waals surface area contributed by atoms with Crippen LogP contribution in [0.4, 0.5) is 11.4 Å². The molecule has 0 unspecified atom stereocenters. The minimum absolute atomic E-state index is 0.0360. The van der Waals surface area contributed by atoms with Gasteiger partial charge in [-0.1, -0.05) is 48.1 Å². The maximum absolute atomic E-state index is 5.98. The molecule has 4 N–H and O–H groups in total. The molecule has 0 saturated carbocycles. The van der Waals surface area contributed by atoms with Crippen molar-refractivity contribution in [3.63, 3.8) is 0 Å². The highest BCUT2D eigenvalue weighted by atomic mass is 35.5. The number of halogens is 1. The van der Waals surface area contributed by atoms with Crippen molar-refractivity contribution >= 4 is 40.2 Å². The van der Waals surface area contributed by atoms with Gasteiger partial charge < -0.3 is 16.4 Å². The zero-order valence-corrected chi connectivity index (χ0v) is 11.6. The summed E-state index contributed by atoms with van der Waals surface area (Å²) in [4.78, 5) is 0.411. The van der Waals surface area contributed by atoms with Crippen LogP contribution in [0.3, 0.4) is 0 Å². The molecule has 19 heavy (non-hydrogen) atoms. The molecule has 0 aromatic heterocycles. The number of thiocarbonyl (C=S) groups is 1. The highest BCUT2D eigenvalue weighted by Gasteiger charge is 2.20. The van der Waals surface area contributed by atoms with Crippen LogP contribution in [0.15, 0.2) is 42.5 Å². The smallest absolute Gasteiger partial charge is 0.123 e. The highest BCUT2D eigenvalue weighted by Crippen LogP contribution is 2.36. The van der Waals surface area contributed by atoms with Gasteiger partial charge in [-0.3, -0.25) is 0 Å². The lowest BCUT2D eigenvalue weighted by molar-refractivity contribution is 0.941. The summed E-state index contributed by atoms with van der Waals surface area (Å²) in [5.74, 6) is 0. The van der Waals surface area contributed by atoms with E-state index in [0.29, 0.717) is 4.99 Å². The second kappa shape index (κ2) is 4.72. The van der Waals surface area contributed by atoms with E-state index in [-0.39, 0.29) is 6.17 Å². The molecule has 1 aliphatic heterocycles. The number of hydrogen-bond acceptors (Lipinski definition) is 3. The van der Waals surface area contributed by atoms with Crippen molar-refractivity contribution in [1.82, 2.24) is 0 Å². The third-order valence-electron chi connectivity index (χ3n) is 3.11. The van der Waals surface area contributed by atoms with E-state index in [1.54, 1.807) is 0 Å². The van der Waals surface area contributed by atoms with Crippen LogP contribution in [-0.2, 0) is 0 Å². The second-order valence-electron chi connectivity index (χ2n) is 4.40. The fourth-order valence-electron chi connectivity index (χ4n) is 2.12. The van der Waals surface area contributed by atoms with Gasteiger partial charge in [0.1, 0.15) is 11.2 Å². The predicted octanol–water partition coefficient (Wildman–Crippen LogP) is 3.51. The normalized spacial score (nSPS) is 16.4. The van der Waals surface area contributed by atoms with Gasteiger partial charge in [-0.05, 0) is 23.8 Å². The summed E-state index contributed by atoms with van der Waals surface area (Å²) in [5, 5.41) is 7.49. The summed E-state index contributed by atoms with van der Waals surface area (Å²) >= 11 is 10.9. The number of rotatable bonds is 2. The molecule has 2 aromatic rings. The van der Waals surface area contributed by atoms with Crippen LogP contribution in [0.25, 0.3) is 0 Å². The molecule has 96 valence electrons. The molecule has 1 atom stereocenters. The minimum Gasteiger partial charge on any atom is -0.389 e. The van der Waals surface area contributed by atoms with Gasteiger partial charge in [0.2, 0.25) is 0 Å². The molecule has 0 bridgehead atoms. The Balaban J connectivity index is 1.84. The Labute approximate surface area is 121 Å². The molecule has 0 fully saturated rings. The molecule has 2 aromatic carbocycles. The van der Waals surface area contributed by atoms with Gasteiger partial charge in [0.15, 0.2) is 0 Å². The second-order valence-corrected chi connectivity index (χ2v) is 5.27. The van der Waals surface area contributed by atoms with Crippen molar-refractivity contribution < 1.29 is 0 Å². The topological polar surface area (TPSA) is 50.1 Å². The fraction of sp³-hybridized carbons (Fsp3) is 0.0714. The van der Waals surface area contributed by atoms with E-state index in [9.17, 15) is 0 Å². The molecule has 3 nitrogen and oxygen atoms in total. The number of hydrogen-bond donors (Lipinski definition) is 3. The monoisotopic (exact) mass is 289 g/mol. The van der Waals surface area contributed by atoms with Crippen molar-refractivity contribution in [1.29, 1.82) is 0 Å². The summed E-state index contributed by atoms with van der Waals surface area (Å²) in [6.07, 6.45) is 0.0360. The van der Waals surface area contributed by atoms with Crippen LogP contribution in [-0.4, -0.2) is 4.99 Å². The first-order valence-corrected chi connectivity index (χ1v) is 6.64. The first kappa shape index (κ1) is 12.3. The lowest BCUT2D eigenvalue weighted by atomic mass is 10.1. The van der Waals surface area contributed by atoms with Gasteiger partial charge in [0.05, 0.1) is 11.4 Å². The average Bonchev–Trinajstić information content (AvgIpc) is 2.81. The number of nitrogens with two attached hydrogens (primary N) is 1. The quantitative estimate of drug-likeness (QED) is 0.741. The standard InChI is InChI=1S/C14H12ClN3S/c15-10-5-6-11-12(7-10)18-14(17-11)9-3-1-8(2-4-9)13(16)19/h1-7,14,17-18H,(H2,16,19)/t14-/m0/s1. The predicted molar refractivity (Wildman–Crippen MR) is 83.8 cm³/mol. The van der Waals surface area contributed by atoms with Crippen LogP contribution in [0.1, 0.15) is 17.3 Å². The Morgan fingerprint density at radius 2 is 1.74 bits per heavy atom. The van der Waals surface area contributed by atoms with Crippen molar-refractivity contribution in [3.05, 3.63) is 58.6 Å². The Kier molecular flexibility index (Phi) is 3.05. The third kappa shape index (κ3) is 2.37. The SMILES string of the molecule is NC(=S)c1ccc([C@H]2Nc3ccc(Cl)cc3N2)cc1. The third-order valence-corrected chi connectivity index (χ3v) is 3.58. The van der Waals surface area contributed by atoms with E-state index in [1.807, 2.05) is 42.5 Å². The first-order chi connectivity index (χ1) is 9.13. The molecule has 3 rings (SSSR count). The molecule has 5 heteroatoms. The molecule has 1 aliphatic rings. The van der Waals surface area contributed by atoms with Crippen molar-refractivity contribution in [3.8, 4) is 0 Å². The maximum atomic E-state index is 5.98. The van der Waals surface area contributed by atoms with Crippen molar-refractivity contribution in [2.24, 2.45) is 5.73 Å². The summed E-state index contributed by atoms with van der Waals surface area (Å²) in [5.41, 5.74) is 9.64. The van der Waals surface area contributed by atoms with E-state index >= 15 is 0 Å². The van der Waals surface area contributed by atoms with Gasteiger partial charge in [-0.15, -0.1) is 0 Å². The van der Waals surface area contributed by atoms with Crippen LogP contribution in [0, 0.1) is 0 Å². The molecule has 1 heterocycles. The van der Waals surface area contributed by atoms with Gasteiger partial charge in [-0.25, -0.2) is 0 Å². The molecule has 0 amide bonds. The molecule has 0 saturated heterocycles. The Bertz CT molecular complexity index is 640. The van der Waals surface area contributed by atoms with Crippen LogP contribution >= 0.6 is 23.8 Å². The summed E-state index contributed by atoms with van der Waals surface area (Å²) < 4.78 is 0. The molecular weight excluding hydrogens is 278 g/mol. The van der Waals surface area contributed by atoms with Crippen LogP contribution in [0.5, 0.6) is 0 Å². The Hall–Kier alpha value is -1.78. The number of anilines is 2. The number of fused-ring (bicyclic) bond motifs is 1. The van der Waals surface area contributed by atoms with Gasteiger partial charge in [-0.2, -0.15) is 0 Å². The molecule has 0 spiro atoms. The lowest BCUT2D eigenvalue weighted by Crippen LogP contribution is -2.13. The average molecular weight is 290 g/mol. The fourth-order valence-corrected chi connectivity index (χ4v) is 2.42. The van der Waals surface area contributed by atoms with E-state index in [1.165, 1.54) is 0 Å². The van der Waals surface area contributed by atoms with Crippen LogP contribution < -0.4 is 16.4 Å². The number of nitrogens with one attached hydrogen (secondary N) is 2. The van der Waals surface area contributed by atoms with Crippen molar-refractivity contribution in [2.45, 2.75) is 6.17 Å².